The maximum atomic E-state index is 6.85. The van der Waals surface area contributed by atoms with Crippen LogP contribution >= 0.6 is 39.1 Å². The smallest absolute Gasteiger partial charge is 0.100 e. The summed E-state index contributed by atoms with van der Waals surface area (Å²) in [6.45, 7) is 13.8. The van der Waals surface area contributed by atoms with E-state index in [1.807, 2.05) is 0 Å². The number of hydrogen-bond donors (Lipinski definition) is 1. The van der Waals surface area contributed by atoms with Gasteiger partial charge in [-0.05, 0) is 108 Å². The number of nitrogens with one attached hydrogen (secondary N) is 1. The largest absolute Gasteiger partial charge is 0.358 e. The maximum absolute atomic E-state index is 6.85. The van der Waals surface area contributed by atoms with Crippen LogP contribution in [0.15, 0.2) is 98.9 Å². The number of dihydropyridines is 1. The quantitative estimate of drug-likeness (QED) is 0.180. The molecule has 0 spiro atoms. The Labute approximate surface area is 302 Å². The van der Waals surface area contributed by atoms with Gasteiger partial charge in [-0.1, -0.05) is 101 Å². The summed E-state index contributed by atoms with van der Waals surface area (Å²) in [5, 5.41) is 6.86. The van der Waals surface area contributed by atoms with Gasteiger partial charge < -0.3 is 15.1 Å². The van der Waals surface area contributed by atoms with Crippen LogP contribution in [0.4, 0.5) is 11.4 Å². The van der Waals surface area contributed by atoms with E-state index in [4.69, 9.17) is 23.2 Å². The monoisotopic (exact) mass is 795 g/mol. The van der Waals surface area contributed by atoms with E-state index in [9.17, 15) is 0 Å². The van der Waals surface area contributed by atoms with Crippen molar-refractivity contribution < 1.29 is 19.5 Å². The van der Waals surface area contributed by atoms with Crippen LogP contribution in [0.1, 0.15) is 38.9 Å². The number of fused-ring (bicyclic) bond motifs is 3. The van der Waals surface area contributed by atoms with E-state index in [0.29, 0.717) is 16.7 Å². The van der Waals surface area contributed by atoms with Gasteiger partial charge in [-0.2, -0.15) is 0 Å². The fourth-order valence-electron chi connectivity index (χ4n) is 7.46. The fraction of sp³-hybridized carbons (Fsp3) is 0.179. The number of aryl methyl sites for hydroxylation is 6. The molecule has 1 aliphatic carbocycles. The molecule has 3 aliphatic rings. The van der Waals surface area contributed by atoms with Gasteiger partial charge in [-0.25, -0.2) is 0 Å². The minimum Gasteiger partial charge on any atom is -0.358 e. The van der Waals surface area contributed by atoms with E-state index in [2.05, 4.69) is 145 Å². The Morgan fingerprint density at radius 3 is 1.85 bits per heavy atom. The fourth-order valence-corrected chi connectivity index (χ4v) is 8.39. The van der Waals surface area contributed by atoms with Crippen LogP contribution < -0.4 is 25.6 Å². The van der Waals surface area contributed by atoms with Gasteiger partial charge in [0.25, 0.3) is 0 Å². The third-order valence-corrected chi connectivity index (χ3v) is 10.8. The Morgan fingerprint density at radius 1 is 0.696 bits per heavy atom. The third kappa shape index (κ3) is 5.30. The van der Waals surface area contributed by atoms with Gasteiger partial charge in [-0.15, -0.1) is 0 Å². The molecule has 2 heterocycles. The van der Waals surface area contributed by atoms with Crippen molar-refractivity contribution in [3.8, 4) is 11.1 Å². The zero-order chi connectivity index (χ0) is 31.7. The first-order valence-electron chi connectivity index (χ1n) is 15.1. The van der Waals surface area contributed by atoms with E-state index in [1.165, 1.54) is 66.7 Å². The van der Waals surface area contributed by atoms with E-state index < -0.39 is 0 Å². The van der Waals surface area contributed by atoms with Crippen molar-refractivity contribution in [2.24, 2.45) is 0 Å². The van der Waals surface area contributed by atoms with E-state index in [0.717, 1.165) is 26.8 Å². The summed E-state index contributed by atoms with van der Waals surface area (Å²) in [6.07, 6.45) is 4.11. The third-order valence-electron chi connectivity index (χ3n) is 8.97. The summed E-state index contributed by atoms with van der Waals surface area (Å²) in [6, 6.07) is 24.4. The maximum Gasteiger partial charge on any atom is 0.100 e. The average Bonchev–Trinajstić information content (AvgIpc) is 3.54. The molecule has 7 heteroatoms. The SMILES string of the molecule is Cc1cc(C)c(N2CN(c3c(C)cc(C)cc3C)C(=c3cccc4c3=Cc3ccccc3-4)C2=C2NC=C(Cl)C(Cl)=C2Br)c(C)c1.[Ru]. The molecule has 4 aromatic rings. The van der Waals surface area contributed by atoms with Gasteiger partial charge in [-0.3, -0.25) is 0 Å². The molecule has 234 valence electrons. The van der Waals surface area contributed by atoms with Crippen molar-refractivity contribution in [2.45, 2.75) is 41.5 Å². The molecule has 0 radical (unpaired) electrons. The summed E-state index contributed by atoms with van der Waals surface area (Å²) in [5.41, 5.74) is 16.6. The van der Waals surface area contributed by atoms with E-state index in [1.54, 1.807) is 6.20 Å². The summed E-state index contributed by atoms with van der Waals surface area (Å²) < 4.78 is 0.732. The first-order valence-corrected chi connectivity index (χ1v) is 16.7. The van der Waals surface area contributed by atoms with Gasteiger partial charge in [0.1, 0.15) is 6.67 Å². The van der Waals surface area contributed by atoms with Gasteiger partial charge in [0.2, 0.25) is 0 Å². The van der Waals surface area contributed by atoms with Crippen LogP contribution in [0.25, 0.3) is 22.9 Å². The average molecular weight is 797 g/mol. The number of nitrogens with zero attached hydrogens (tertiary/aromatic N) is 2. The van der Waals surface area contributed by atoms with Crippen molar-refractivity contribution in [2.75, 3.05) is 16.5 Å². The summed E-state index contributed by atoms with van der Waals surface area (Å²) in [4.78, 5) is 4.94. The van der Waals surface area contributed by atoms with Crippen molar-refractivity contribution in [1.82, 2.24) is 5.32 Å². The Kier molecular flexibility index (Phi) is 8.93. The Hall–Kier alpha value is -3.08. The zero-order valence-corrected chi connectivity index (χ0v) is 31.4. The number of anilines is 2. The van der Waals surface area contributed by atoms with Gasteiger partial charge >= 0.3 is 0 Å². The molecule has 0 aromatic heterocycles. The van der Waals surface area contributed by atoms with Crippen LogP contribution in [0.2, 0.25) is 0 Å². The molecule has 0 unspecified atom stereocenters. The number of halogens is 3. The number of rotatable bonds is 2. The van der Waals surface area contributed by atoms with Gasteiger partial charge in [0, 0.05) is 42.3 Å². The standard InChI is InChI=1S/C39H34BrCl2N3.Ru/c1-21-14-23(3)36(24(4)15-21)44-20-45(37-25(5)16-22(2)17-26(37)6)39(35-33(40)34(42)32(41)19-43-35)38(44)30-13-9-12-29-28-11-8-7-10-27(28)18-31(29)30;/h7-19,43H,20H2,1-6H3;. The predicted octanol–water partition coefficient (Wildman–Crippen LogP) is 9.18. The Morgan fingerprint density at radius 2 is 1.24 bits per heavy atom. The molecule has 1 saturated heterocycles. The molecule has 7 rings (SSSR count). The van der Waals surface area contributed by atoms with Crippen LogP contribution in [-0.4, -0.2) is 6.67 Å². The second kappa shape index (κ2) is 12.5. The summed E-state index contributed by atoms with van der Waals surface area (Å²) in [5.74, 6) is 0. The molecule has 0 bridgehead atoms. The molecule has 4 aromatic carbocycles. The number of allylic oxidation sites excluding steroid dienone is 3. The van der Waals surface area contributed by atoms with Crippen molar-refractivity contribution in [3.63, 3.8) is 0 Å². The van der Waals surface area contributed by atoms with Crippen molar-refractivity contribution in [3.05, 3.63) is 148 Å². The first-order chi connectivity index (χ1) is 21.5. The normalized spacial score (nSPS) is 18.2. The van der Waals surface area contributed by atoms with Gasteiger partial charge in [0.15, 0.2) is 0 Å². The van der Waals surface area contributed by atoms with Crippen molar-refractivity contribution >= 4 is 62.3 Å². The molecule has 0 atom stereocenters. The first kappa shape index (κ1) is 32.8. The van der Waals surface area contributed by atoms with E-state index >= 15 is 0 Å². The zero-order valence-electron chi connectivity index (χ0n) is 26.6. The molecular formula is C39H34BrCl2N3Ru. The van der Waals surface area contributed by atoms with E-state index in [-0.39, 0.29) is 19.5 Å². The van der Waals surface area contributed by atoms with Gasteiger partial charge in [0.05, 0.1) is 31.6 Å². The molecular weight excluding hydrogens is 762 g/mol. The predicted molar refractivity (Wildman–Crippen MR) is 195 cm³/mol. The van der Waals surface area contributed by atoms with Crippen LogP contribution in [0, 0.1) is 41.5 Å². The van der Waals surface area contributed by atoms with Crippen LogP contribution in [-0.2, 0) is 19.5 Å². The Balaban J connectivity index is 0.00000372. The summed E-state index contributed by atoms with van der Waals surface area (Å²) >= 11 is 17.2. The molecule has 1 N–H and O–H groups in total. The molecule has 2 aliphatic heterocycles. The molecule has 0 amide bonds. The second-order valence-electron chi connectivity index (χ2n) is 12.3. The van der Waals surface area contributed by atoms with Crippen LogP contribution in [0.5, 0.6) is 0 Å². The minimum absolute atomic E-state index is 0. The Bertz CT molecular complexity index is 2130. The molecule has 1 fully saturated rings. The molecule has 0 saturated carbocycles. The number of benzene rings is 4. The van der Waals surface area contributed by atoms with Crippen LogP contribution in [0.3, 0.4) is 0 Å². The molecule has 46 heavy (non-hydrogen) atoms. The topological polar surface area (TPSA) is 18.5 Å². The minimum atomic E-state index is 0. The number of hydrogen-bond acceptors (Lipinski definition) is 3. The summed E-state index contributed by atoms with van der Waals surface area (Å²) in [7, 11) is 0. The molecule has 3 nitrogen and oxygen atoms in total. The van der Waals surface area contributed by atoms with Crippen molar-refractivity contribution in [1.29, 1.82) is 0 Å². The second-order valence-corrected chi connectivity index (χ2v) is 13.9.